The Morgan fingerprint density at radius 1 is 0.855 bits per heavy atom. The highest BCUT2D eigenvalue weighted by atomic mass is 33.1. The van der Waals surface area contributed by atoms with Crippen molar-refractivity contribution in [1.29, 1.82) is 0 Å². The Morgan fingerprint density at radius 3 is 1.97 bits per heavy atom. The topological polar surface area (TPSA) is 244 Å². The number of unbranched alkanes of at least 4 members (excludes halogenated alkanes) is 2. The molecule has 0 aliphatic heterocycles. The van der Waals surface area contributed by atoms with Crippen LogP contribution in [0, 0.1) is 27.9 Å². The van der Waals surface area contributed by atoms with E-state index in [1.54, 1.807) is 20.8 Å². The summed E-state index contributed by atoms with van der Waals surface area (Å²) >= 11 is 0. The summed E-state index contributed by atoms with van der Waals surface area (Å²) in [6, 6.07) is 8.92. The third-order valence-electron chi connectivity index (χ3n) is 11.3. The van der Waals surface area contributed by atoms with Gasteiger partial charge in [-0.3, -0.25) is 30.3 Å². The number of benzene rings is 2. The first-order chi connectivity index (χ1) is 32.8. The second kappa shape index (κ2) is 25.2. The quantitative estimate of drug-likeness (QED) is 0.0172. The molecule has 2 aliphatic rings. The van der Waals surface area contributed by atoms with Gasteiger partial charge in [-0.05, 0) is 114 Å². The molecular weight excluding hydrogens is 933 g/mol. The number of hydrogen-bond acceptors (Lipinski definition) is 17. The minimum absolute atomic E-state index is 0.0118. The van der Waals surface area contributed by atoms with Gasteiger partial charge < -0.3 is 38.6 Å². The molecule has 5 rings (SSSR count). The number of ketones is 2. The maximum Gasteiger partial charge on any atom is 0.412 e. The van der Waals surface area contributed by atoms with Crippen molar-refractivity contribution in [2.75, 3.05) is 51.3 Å². The zero-order valence-corrected chi connectivity index (χ0v) is 41.5. The molecule has 0 saturated heterocycles. The molecule has 0 spiro atoms. The first kappa shape index (κ1) is 54.1. The summed E-state index contributed by atoms with van der Waals surface area (Å²) in [5.74, 6) is -1.25. The van der Waals surface area contributed by atoms with Crippen LogP contribution in [0.2, 0.25) is 0 Å². The van der Waals surface area contributed by atoms with Gasteiger partial charge in [-0.2, -0.15) is 0 Å². The van der Waals surface area contributed by atoms with Crippen molar-refractivity contribution in [2.45, 2.75) is 101 Å². The van der Waals surface area contributed by atoms with Gasteiger partial charge in [-0.25, -0.2) is 14.6 Å². The maximum absolute atomic E-state index is 14.1. The van der Waals surface area contributed by atoms with Crippen LogP contribution in [0.1, 0.15) is 99.8 Å². The highest BCUT2D eigenvalue weighted by Crippen LogP contribution is 2.42. The third kappa shape index (κ3) is 15.6. The van der Waals surface area contributed by atoms with Crippen LogP contribution >= 0.6 is 21.6 Å². The Labute approximate surface area is 409 Å². The van der Waals surface area contributed by atoms with Gasteiger partial charge in [0.25, 0.3) is 5.69 Å². The number of hydrogen-bond donors (Lipinski definition) is 4. The number of aromatic nitrogens is 1. The van der Waals surface area contributed by atoms with Crippen molar-refractivity contribution in [1.82, 2.24) is 4.98 Å². The van der Waals surface area contributed by atoms with E-state index >= 15 is 0 Å². The fourth-order valence-corrected chi connectivity index (χ4v) is 9.66. The normalized spacial score (nSPS) is 18.4. The highest BCUT2D eigenvalue weighted by Gasteiger charge is 2.37. The number of aliphatic hydroxyl groups excluding tert-OH is 2. The molecule has 5 atom stereocenters. The summed E-state index contributed by atoms with van der Waals surface area (Å²) in [5.41, 5.74) is 1.36. The van der Waals surface area contributed by atoms with Crippen molar-refractivity contribution in [2.24, 2.45) is 17.8 Å². The van der Waals surface area contributed by atoms with Crippen LogP contribution in [0.25, 0.3) is 0 Å². The van der Waals surface area contributed by atoms with Crippen molar-refractivity contribution in [3.05, 3.63) is 88.1 Å². The van der Waals surface area contributed by atoms with Gasteiger partial charge in [-0.15, -0.1) is 0 Å². The van der Waals surface area contributed by atoms with E-state index in [1.165, 1.54) is 78.4 Å². The number of carbonyl (C=O) groups excluding carboxylic acids is 4. The summed E-state index contributed by atoms with van der Waals surface area (Å²) < 4.78 is 34.5. The van der Waals surface area contributed by atoms with Gasteiger partial charge in [0, 0.05) is 47.1 Å². The molecule has 374 valence electrons. The Kier molecular flexibility index (Phi) is 19.7. The minimum atomic E-state index is -0.869. The number of nitrogens with one attached hydrogen (secondary N) is 2. The Hall–Kier alpha value is -5.83. The van der Waals surface area contributed by atoms with Crippen molar-refractivity contribution in [3.63, 3.8) is 0 Å². The van der Waals surface area contributed by atoms with E-state index in [4.69, 9.17) is 28.4 Å². The Bertz CT molecular complexity index is 2360. The molecule has 0 radical (unpaired) electrons. The predicted molar refractivity (Wildman–Crippen MR) is 263 cm³/mol. The lowest BCUT2D eigenvalue weighted by Crippen LogP contribution is -2.33. The number of aliphatic hydroxyl groups is 2. The van der Waals surface area contributed by atoms with E-state index in [-0.39, 0.29) is 100 Å². The van der Waals surface area contributed by atoms with Crippen molar-refractivity contribution in [3.8, 4) is 23.0 Å². The number of anilines is 2. The largest absolute Gasteiger partial charge is 0.493 e. The number of nitro groups is 1. The Morgan fingerprint density at radius 2 is 1.43 bits per heavy atom. The molecular formula is C49H62N4O14S2. The second-order valence-corrected chi connectivity index (χ2v) is 20.6. The first-order valence-electron chi connectivity index (χ1n) is 22.6. The fraction of sp³-hybridized carbons (Fsp3) is 0.490. The van der Waals surface area contributed by atoms with Crippen molar-refractivity contribution >= 4 is 62.4 Å². The van der Waals surface area contributed by atoms with E-state index < -0.39 is 40.7 Å². The van der Waals surface area contributed by atoms with Crippen LogP contribution in [0.4, 0.5) is 26.7 Å². The standard InChI is InChI=1S/C49H62N4O14S2/c1-28-12-14-39(55)36(19-28)46(57)35-22-41(63-8)43(24-38(35)52-48(59)67-49(4,5)6)65-17-11-9-10-16-64-42-23-37(34(21-40(42)62-7)45(56)33-20-29(2)18-31(33)26-54)51-47(58)66-27-30(3)68-69-44-15-13-32(25-50-44)53(60)61/h13,15,21-25,30-31,33,36,39,54-55H,1-2,9-12,14,16-20,26-27H2,3-8H3,(H,51,58)(H,52,59)/t30-,31+,33?,36?,39?/m1/s1. The maximum atomic E-state index is 14.1. The summed E-state index contributed by atoms with van der Waals surface area (Å²) in [6.07, 6.45) is 2.72. The number of Topliss-reactive ketones (excluding diaryl/α,β-unsaturated/α-hetero) is 2. The SMILES string of the molecule is C=C1CCC(O)C(C(=O)c2cc(OC)c(OCCCCCOc3cc(NC(=O)OC[C@@H](C)SSc4ccc([N+](=O)[O-])cn4)c(C(=O)C4CC(=C)C[C@H]4CO)cc3OC)cc2NC(=O)OC(C)(C)C)C1. The van der Waals surface area contributed by atoms with Gasteiger partial charge in [-0.1, -0.05) is 35.1 Å². The molecule has 2 fully saturated rings. The first-order valence-corrected chi connectivity index (χ1v) is 24.8. The molecule has 2 amide bonds. The summed E-state index contributed by atoms with van der Waals surface area (Å²) in [5, 5.41) is 37.5. The van der Waals surface area contributed by atoms with E-state index in [0.29, 0.717) is 56.4 Å². The molecule has 2 aromatic carbocycles. The summed E-state index contributed by atoms with van der Waals surface area (Å²) in [4.78, 5) is 68.6. The van der Waals surface area contributed by atoms with Gasteiger partial charge in [0.15, 0.2) is 34.6 Å². The lowest BCUT2D eigenvalue weighted by atomic mass is 9.79. The molecule has 2 aliphatic carbocycles. The average Bonchev–Trinajstić information content (AvgIpc) is 3.70. The predicted octanol–water partition coefficient (Wildman–Crippen LogP) is 10.0. The zero-order valence-electron chi connectivity index (χ0n) is 39.8. The molecule has 3 unspecified atom stereocenters. The van der Waals surface area contributed by atoms with E-state index in [9.17, 15) is 39.5 Å². The molecule has 69 heavy (non-hydrogen) atoms. The minimum Gasteiger partial charge on any atom is -0.493 e. The summed E-state index contributed by atoms with van der Waals surface area (Å²) in [7, 11) is 5.51. The van der Waals surface area contributed by atoms with Crippen LogP contribution in [0.15, 0.2) is 71.9 Å². The molecule has 2 saturated carbocycles. The van der Waals surface area contributed by atoms with Gasteiger partial charge in [0.1, 0.15) is 23.4 Å². The number of rotatable bonds is 23. The zero-order chi connectivity index (χ0) is 50.4. The highest BCUT2D eigenvalue weighted by molar-refractivity contribution is 8.76. The van der Waals surface area contributed by atoms with Gasteiger partial charge in [0.2, 0.25) is 0 Å². The number of allylic oxidation sites excluding steroid dienone is 2. The second-order valence-electron chi connectivity index (χ2n) is 17.9. The smallest absolute Gasteiger partial charge is 0.412 e. The molecule has 0 bridgehead atoms. The lowest BCUT2D eigenvalue weighted by molar-refractivity contribution is -0.385. The molecule has 3 aromatic rings. The monoisotopic (exact) mass is 994 g/mol. The van der Waals surface area contributed by atoms with E-state index in [1.807, 2.05) is 6.92 Å². The van der Waals surface area contributed by atoms with E-state index in [2.05, 4.69) is 28.8 Å². The number of amides is 2. The van der Waals surface area contributed by atoms with Crippen LogP contribution in [0.3, 0.4) is 0 Å². The molecule has 20 heteroatoms. The fourth-order valence-electron chi connectivity index (χ4n) is 7.81. The average molecular weight is 995 g/mol. The third-order valence-corrected chi connectivity index (χ3v) is 14.1. The number of ether oxygens (including phenoxy) is 6. The molecule has 1 aromatic heterocycles. The number of nitrogens with zero attached hydrogens (tertiary/aromatic N) is 2. The molecule has 18 nitrogen and oxygen atoms in total. The van der Waals surface area contributed by atoms with Gasteiger partial charge in [0.05, 0.1) is 55.8 Å². The van der Waals surface area contributed by atoms with Crippen molar-refractivity contribution < 1.29 is 62.7 Å². The summed E-state index contributed by atoms with van der Waals surface area (Å²) in [6.45, 7) is 15.3. The van der Waals surface area contributed by atoms with Crippen LogP contribution in [-0.4, -0.2) is 101 Å². The lowest BCUT2D eigenvalue weighted by Gasteiger charge is -2.29. The van der Waals surface area contributed by atoms with Crippen LogP contribution < -0.4 is 29.6 Å². The molecule has 1 heterocycles. The Balaban J connectivity index is 1.23. The number of methoxy groups -OCH3 is 2. The van der Waals surface area contributed by atoms with E-state index in [0.717, 1.165) is 11.1 Å². The van der Waals surface area contributed by atoms with Gasteiger partial charge >= 0.3 is 12.2 Å². The van der Waals surface area contributed by atoms with Crippen LogP contribution in [-0.2, 0) is 9.47 Å². The number of pyridine rings is 1. The van der Waals surface area contributed by atoms with Crippen LogP contribution in [0.5, 0.6) is 23.0 Å². The number of carbonyl (C=O) groups is 4. The molecule has 4 N–H and O–H groups in total.